The first-order valence-corrected chi connectivity index (χ1v) is 8.41. The van der Waals surface area contributed by atoms with E-state index in [1.54, 1.807) is 0 Å². The molecule has 0 spiro atoms. The molecule has 0 radical (unpaired) electrons. The molecule has 2 aliphatic rings. The molecular formula is C16H33N3. The Morgan fingerprint density at radius 2 is 1.74 bits per heavy atom. The minimum Gasteiger partial charge on any atom is -0.315 e. The largest absolute Gasteiger partial charge is 0.315 e. The molecule has 2 fully saturated rings. The van der Waals surface area contributed by atoms with E-state index >= 15 is 0 Å². The molecule has 3 atom stereocenters. The van der Waals surface area contributed by atoms with E-state index in [4.69, 9.17) is 0 Å². The second-order valence-electron chi connectivity index (χ2n) is 6.43. The highest BCUT2D eigenvalue weighted by Crippen LogP contribution is 2.24. The minimum absolute atomic E-state index is 0.720. The zero-order valence-electron chi connectivity index (χ0n) is 13.2. The van der Waals surface area contributed by atoms with Gasteiger partial charge in [-0.1, -0.05) is 26.2 Å². The van der Waals surface area contributed by atoms with E-state index in [-0.39, 0.29) is 0 Å². The maximum absolute atomic E-state index is 3.58. The van der Waals surface area contributed by atoms with E-state index in [2.05, 4.69) is 36.0 Å². The predicted molar refractivity (Wildman–Crippen MR) is 82.6 cm³/mol. The van der Waals surface area contributed by atoms with Crippen LogP contribution in [-0.2, 0) is 0 Å². The van der Waals surface area contributed by atoms with Gasteiger partial charge in [0.1, 0.15) is 0 Å². The van der Waals surface area contributed by atoms with Crippen molar-refractivity contribution >= 4 is 0 Å². The van der Waals surface area contributed by atoms with Crippen LogP contribution in [0.1, 0.15) is 52.4 Å². The van der Waals surface area contributed by atoms with Crippen LogP contribution in [-0.4, -0.2) is 61.2 Å². The molecule has 112 valence electrons. The molecule has 0 amide bonds. The maximum atomic E-state index is 3.58. The van der Waals surface area contributed by atoms with Gasteiger partial charge in [-0.05, 0) is 33.2 Å². The van der Waals surface area contributed by atoms with Crippen molar-refractivity contribution in [2.75, 3.05) is 33.2 Å². The molecule has 1 saturated heterocycles. The third-order valence-electron chi connectivity index (χ3n) is 5.38. The monoisotopic (exact) mass is 267 g/mol. The molecule has 2 rings (SSSR count). The zero-order valence-corrected chi connectivity index (χ0v) is 13.2. The van der Waals surface area contributed by atoms with Crippen molar-refractivity contribution in [3.8, 4) is 0 Å². The van der Waals surface area contributed by atoms with E-state index in [9.17, 15) is 0 Å². The van der Waals surface area contributed by atoms with Crippen LogP contribution in [0.3, 0.4) is 0 Å². The fourth-order valence-electron chi connectivity index (χ4n) is 3.83. The van der Waals surface area contributed by atoms with E-state index < -0.39 is 0 Å². The predicted octanol–water partition coefficient (Wildman–Crippen LogP) is 2.32. The van der Waals surface area contributed by atoms with Crippen molar-refractivity contribution < 1.29 is 0 Å². The summed E-state index contributed by atoms with van der Waals surface area (Å²) < 4.78 is 0. The Morgan fingerprint density at radius 3 is 2.37 bits per heavy atom. The van der Waals surface area contributed by atoms with Crippen molar-refractivity contribution in [2.24, 2.45) is 0 Å². The highest BCUT2D eigenvalue weighted by atomic mass is 15.3. The van der Waals surface area contributed by atoms with Gasteiger partial charge in [-0.15, -0.1) is 0 Å². The number of hydrogen-bond donors (Lipinski definition) is 1. The molecule has 19 heavy (non-hydrogen) atoms. The average Bonchev–Trinajstić information content (AvgIpc) is 2.71. The smallest absolute Gasteiger partial charge is 0.0250 e. The molecule has 3 nitrogen and oxygen atoms in total. The number of nitrogens with zero attached hydrogens (tertiary/aromatic N) is 2. The summed E-state index contributed by atoms with van der Waals surface area (Å²) >= 11 is 0. The Morgan fingerprint density at radius 1 is 1.05 bits per heavy atom. The second kappa shape index (κ2) is 7.61. The first-order valence-electron chi connectivity index (χ1n) is 8.41. The molecule has 3 heteroatoms. The van der Waals surface area contributed by atoms with Crippen LogP contribution in [0, 0.1) is 0 Å². The van der Waals surface area contributed by atoms with Crippen molar-refractivity contribution in [3.63, 3.8) is 0 Å². The van der Waals surface area contributed by atoms with Gasteiger partial charge < -0.3 is 5.32 Å². The third-order valence-corrected chi connectivity index (χ3v) is 5.38. The van der Waals surface area contributed by atoms with Gasteiger partial charge in [-0.25, -0.2) is 0 Å². The van der Waals surface area contributed by atoms with Crippen LogP contribution in [0.5, 0.6) is 0 Å². The zero-order chi connectivity index (χ0) is 13.7. The van der Waals surface area contributed by atoms with Crippen molar-refractivity contribution in [1.29, 1.82) is 0 Å². The van der Waals surface area contributed by atoms with E-state index in [1.165, 1.54) is 64.7 Å². The van der Waals surface area contributed by atoms with Gasteiger partial charge in [0.2, 0.25) is 0 Å². The topological polar surface area (TPSA) is 18.5 Å². The lowest BCUT2D eigenvalue weighted by molar-refractivity contribution is 0.0573. The summed E-state index contributed by atoms with van der Waals surface area (Å²) in [6.45, 7) is 9.75. The van der Waals surface area contributed by atoms with Crippen LogP contribution in [0.4, 0.5) is 0 Å². The molecule has 1 saturated carbocycles. The molecule has 0 aromatic carbocycles. The van der Waals surface area contributed by atoms with Crippen LogP contribution in [0.25, 0.3) is 0 Å². The number of piperazine rings is 1. The second-order valence-corrected chi connectivity index (χ2v) is 6.43. The lowest BCUT2D eigenvalue weighted by atomic mass is 10.00. The Kier molecular flexibility index (Phi) is 6.11. The van der Waals surface area contributed by atoms with E-state index in [1.807, 2.05) is 0 Å². The van der Waals surface area contributed by atoms with Gasteiger partial charge >= 0.3 is 0 Å². The standard InChI is InChI=1S/C16H33N3/c1-4-14(2)18-10-12-19(13-11-18)16-9-7-5-6-8-15(16)17-3/h14-17H,4-13H2,1-3H3. The number of nitrogens with one attached hydrogen (secondary N) is 1. The quantitative estimate of drug-likeness (QED) is 0.789. The third kappa shape index (κ3) is 3.93. The maximum Gasteiger partial charge on any atom is 0.0250 e. The average molecular weight is 267 g/mol. The van der Waals surface area contributed by atoms with Gasteiger partial charge in [0.25, 0.3) is 0 Å². The first kappa shape index (κ1) is 15.3. The lowest BCUT2D eigenvalue weighted by Crippen LogP contribution is -2.57. The summed E-state index contributed by atoms with van der Waals surface area (Å²) in [5.74, 6) is 0. The molecule has 3 unspecified atom stereocenters. The van der Waals surface area contributed by atoms with Gasteiger partial charge in [0.15, 0.2) is 0 Å². The molecule has 1 N–H and O–H groups in total. The fraction of sp³-hybridized carbons (Fsp3) is 1.00. The number of rotatable bonds is 4. The molecule has 0 aromatic rings. The molecule has 0 bridgehead atoms. The van der Waals surface area contributed by atoms with Crippen LogP contribution < -0.4 is 5.32 Å². The van der Waals surface area contributed by atoms with Crippen molar-refractivity contribution in [1.82, 2.24) is 15.1 Å². The minimum atomic E-state index is 0.720. The molecular weight excluding hydrogens is 234 g/mol. The van der Waals surface area contributed by atoms with Crippen molar-refractivity contribution in [3.05, 3.63) is 0 Å². The molecule has 1 aliphatic carbocycles. The Labute approximate surface area is 119 Å². The summed E-state index contributed by atoms with van der Waals surface area (Å²) in [5, 5.41) is 3.58. The normalized spacial score (nSPS) is 33.0. The Hall–Kier alpha value is -0.120. The highest BCUT2D eigenvalue weighted by Gasteiger charge is 2.30. The van der Waals surface area contributed by atoms with Crippen molar-refractivity contribution in [2.45, 2.75) is 70.5 Å². The Balaban J connectivity index is 1.88. The molecule has 1 aliphatic heterocycles. The van der Waals surface area contributed by atoms with Crippen LogP contribution in [0.15, 0.2) is 0 Å². The Bertz CT molecular complexity index is 248. The summed E-state index contributed by atoms with van der Waals surface area (Å²) in [7, 11) is 2.15. The van der Waals surface area contributed by atoms with Gasteiger partial charge in [0.05, 0.1) is 0 Å². The lowest BCUT2D eigenvalue weighted by Gasteiger charge is -2.43. The number of likely N-dealkylation sites (N-methyl/N-ethyl adjacent to an activating group) is 1. The molecule has 1 heterocycles. The number of hydrogen-bond acceptors (Lipinski definition) is 3. The van der Waals surface area contributed by atoms with Gasteiger partial charge in [0, 0.05) is 44.3 Å². The van der Waals surface area contributed by atoms with Crippen LogP contribution >= 0.6 is 0 Å². The van der Waals surface area contributed by atoms with Crippen LogP contribution in [0.2, 0.25) is 0 Å². The van der Waals surface area contributed by atoms with E-state index in [0.29, 0.717) is 0 Å². The van der Waals surface area contributed by atoms with E-state index in [0.717, 1.165) is 18.1 Å². The fourth-order valence-corrected chi connectivity index (χ4v) is 3.83. The summed E-state index contributed by atoms with van der Waals surface area (Å²) in [4.78, 5) is 5.44. The van der Waals surface area contributed by atoms with Gasteiger partial charge in [-0.2, -0.15) is 0 Å². The summed E-state index contributed by atoms with van der Waals surface area (Å²) in [6.07, 6.45) is 8.31. The summed E-state index contributed by atoms with van der Waals surface area (Å²) in [5.41, 5.74) is 0. The molecule has 0 aromatic heterocycles. The highest BCUT2D eigenvalue weighted by molar-refractivity contribution is 4.89. The SMILES string of the molecule is CCC(C)N1CCN(C2CCCCCC2NC)CC1. The van der Waals surface area contributed by atoms with Gasteiger partial charge in [-0.3, -0.25) is 9.80 Å². The summed E-state index contributed by atoms with van der Waals surface area (Å²) in [6, 6.07) is 2.26. The first-order chi connectivity index (χ1) is 9.26.